The van der Waals surface area contributed by atoms with Gasteiger partial charge in [0.15, 0.2) is 11.5 Å². The van der Waals surface area contributed by atoms with Gasteiger partial charge in [-0.3, -0.25) is 14.9 Å². The fourth-order valence-electron chi connectivity index (χ4n) is 2.82. The van der Waals surface area contributed by atoms with Crippen molar-refractivity contribution in [3.8, 4) is 11.5 Å². The van der Waals surface area contributed by atoms with Crippen molar-refractivity contribution < 1.29 is 33.8 Å². The molecule has 0 saturated carbocycles. The van der Waals surface area contributed by atoms with Crippen LogP contribution in [0.3, 0.4) is 0 Å². The number of ether oxygens (including phenoxy) is 2. The summed E-state index contributed by atoms with van der Waals surface area (Å²) in [6.45, 7) is 1.29. The van der Waals surface area contributed by atoms with Gasteiger partial charge in [0.05, 0.1) is 23.8 Å². The average molecular weight is 478 g/mol. The molecule has 1 atom stereocenters. The second-order valence-corrected chi connectivity index (χ2v) is 7.39. The largest absolute Gasteiger partial charge is 0.546 e. The molecular formula is C21H15Cl2N2O7-. The third-order valence-electron chi connectivity index (χ3n) is 4.39. The molecule has 1 heterocycles. The topological polar surface area (TPSA) is 125 Å². The zero-order chi connectivity index (χ0) is 23.6. The second-order valence-electron chi connectivity index (χ2n) is 6.54. The maximum atomic E-state index is 13.0. The molecule has 166 valence electrons. The molecule has 0 radical (unpaired) electrons. The second kappa shape index (κ2) is 9.29. The number of urea groups is 1. The molecule has 2 aromatic carbocycles. The maximum absolute atomic E-state index is 13.0. The van der Waals surface area contributed by atoms with Gasteiger partial charge in [-0.1, -0.05) is 29.3 Å². The van der Waals surface area contributed by atoms with Gasteiger partial charge in [0.1, 0.15) is 11.7 Å². The Hall–Kier alpha value is -3.56. The summed E-state index contributed by atoms with van der Waals surface area (Å²) in [6, 6.07) is 7.54. The third-order valence-corrected chi connectivity index (χ3v) is 4.92. The number of amides is 4. The van der Waals surface area contributed by atoms with Crippen molar-refractivity contribution in [1.29, 1.82) is 0 Å². The van der Waals surface area contributed by atoms with E-state index in [1.807, 2.05) is 0 Å². The lowest BCUT2D eigenvalue weighted by Crippen LogP contribution is -2.54. The molecule has 9 nitrogen and oxygen atoms in total. The van der Waals surface area contributed by atoms with Gasteiger partial charge in [-0.25, -0.2) is 9.69 Å². The zero-order valence-electron chi connectivity index (χ0n) is 16.7. The number of anilines is 1. The number of halogens is 2. The smallest absolute Gasteiger partial charge is 0.335 e. The number of benzene rings is 2. The van der Waals surface area contributed by atoms with E-state index in [2.05, 4.69) is 5.32 Å². The molecule has 1 N–H and O–H groups in total. The van der Waals surface area contributed by atoms with Gasteiger partial charge in [0.25, 0.3) is 11.8 Å². The van der Waals surface area contributed by atoms with Crippen LogP contribution in [0.5, 0.6) is 11.5 Å². The van der Waals surface area contributed by atoms with Crippen LogP contribution in [-0.2, 0) is 14.4 Å². The molecule has 0 unspecified atom stereocenters. The van der Waals surface area contributed by atoms with E-state index in [1.165, 1.54) is 56.5 Å². The summed E-state index contributed by atoms with van der Waals surface area (Å²) >= 11 is 12.0. The number of aliphatic carboxylic acids is 1. The summed E-state index contributed by atoms with van der Waals surface area (Å²) in [5.41, 5.74) is 0.0642. The van der Waals surface area contributed by atoms with E-state index in [0.717, 1.165) is 4.90 Å². The maximum Gasteiger partial charge on any atom is 0.335 e. The Labute approximate surface area is 192 Å². The number of imide groups is 2. The Morgan fingerprint density at radius 2 is 1.84 bits per heavy atom. The first-order chi connectivity index (χ1) is 15.1. The molecule has 0 bridgehead atoms. The van der Waals surface area contributed by atoms with Crippen molar-refractivity contribution in [2.75, 3.05) is 12.0 Å². The highest BCUT2D eigenvalue weighted by Gasteiger charge is 2.37. The standard InChI is InChI=1S/C21H16Cl2N2O7/c1-10(20(28)29)32-16-6-3-11(8-17(16)31-2)7-13-18(26)24-21(30)25(19(13)27)15-5-4-12(22)9-14(15)23/h3-10H,1-2H3,(H,28,29)(H,24,26,30)/p-1/b13-7-/t10-/m0/s1. The monoisotopic (exact) mass is 477 g/mol. The molecular weight excluding hydrogens is 463 g/mol. The predicted octanol–water partition coefficient (Wildman–Crippen LogP) is 2.19. The first kappa shape index (κ1) is 23.1. The Bertz CT molecular complexity index is 1160. The van der Waals surface area contributed by atoms with Crippen LogP contribution in [0.4, 0.5) is 10.5 Å². The van der Waals surface area contributed by atoms with E-state index in [4.69, 9.17) is 32.7 Å². The SMILES string of the molecule is COc1cc(/C=C2/C(=O)NC(=O)N(c3ccc(Cl)cc3Cl)C2=O)ccc1O[C@@H](C)C(=O)[O-]. The molecule has 11 heteroatoms. The zero-order valence-corrected chi connectivity index (χ0v) is 18.2. The lowest BCUT2D eigenvalue weighted by atomic mass is 10.1. The van der Waals surface area contributed by atoms with Crippen molar-refractivity contribution in [3.63, 3.8) is 0 Å². The molecule has 4 amide bonds. The van der Waals surface area contributed by atoms with Gasteiger partial charge in [0.2, 0.25) is 0 Å². The summed E-state index contributed by atoms with van der Waals surface area (Å²) in [6.07, 6.45) is 0.0116. The summed E-state index contributed by atoms with van der Waals surface area (Å²) in [7, 11) is 1.34. The fraction of sp³-hybridized carbons (Fsp3) is 0.143. The quantitative estimate of drug-likeness (QED) is 0.499. The number of carbonyl (C=O) groups is 4. The number of nitrogens with one attached hydrogen (secondary N) is 1. The molecule has 0 aromatic heterocycles. The molecule has 1 aliphatic heterocycles. The minimum atomic E-state index is -1.41. The lowest BCUT2D eigenvalue weighted by Gasteiger charge is -2.27. The van der Waals surface area contributed by atoms with E-state index >= 15 is 0 Å². The number of barbiturate groups is 1. The summed E-state index contributed by atoms with van der Waals surface area (Å²) in [5.74, 6) is -2.92. The molecule has 32 heavy (non-hydrogen) atoms. The fourth-order valence-corrected chi connectivity index (χ4v) is 3.31. The van der Waals surface area contributed by atoms with Gasteiger partial charge in [-0.2, -0.15) is 0 Å². The highest BCUT2D eigenvalue weighted by Crippen LogP contribution is 2.33. The number of methoxy groups -OCH3 is 1. The number of carboxylic acid groups (broad SMARTS) is 1. The minimum Gasteiger partial charge on any atom is -0.546 e. The van der Waals surface area contributed by atoms with E-state index in [-0.39, 0.29) is 27.8 Å². The van der Waals surface area contributed by atoms with Gasteiger partial charge >= 0.3 is 6.03 Å². The van der Waals surface area contributed by atoms with Gasteiger partial charge in [-0.05, 0) is 48.9 Å². The Kier molecular flexibility index (Phi) is 6.71. The Morgan fingerprint density at radius 1 is 1.12 bits per heavy atom. The molecule has 1 saturated heterocycles. The summed E-state index contributed by atoms with van der Waals surface area (Å²) < 4.78 is 10.5. The number of carbonyl (C=O) groups excluding carboxylic acids is 4. The number of hydrogen-bond acceptors (Lipinski definition) is 7. The molecule has 3 rings (SSSR count). The van der Waals surface area contributed by atoms with Gasteiger partial charge in [0, 0.05) is 5.02 Å². The first-order valence-electron chi connectivity index (χ1n) is 9.04. The molecule has 1 fully saturated rings. The van der Waals surface area contributed by atoms with Crippen LogP contribution >= 0.6 is 23.2 Å². The van der Waals surface area contributed by atoms with Crippen molar-refractivity contribution >= 4 is 58.8 Å². The molecule has 0 spiro atoms. The summed E-state index contributed by atoms with van der Waals surface area (Å²) in [4.78, 5) is 49.3. The molecule has 2 aromatic rings. The normalized spacial score (nSPS) is 16.1. The summed E-state index contributed by atoms with van der Waals surface area (Å²) in [5, 5.41) is 13.3. The third kappa shape index (κ3) is 4.68. The van der Waals surface area contributed by atoms with Crippen LogP contribution in [0.1, 0.15) is 12.5 Å². The van der Waals surface area contributed by atoms with Crippen molar-refractivity contribution in [1.82, 2.24) is 5.32 Å². The number of carboxylic acids is 1. The highest BCUT2D eigenvalue weighted by atomic mass is 35.5. The van der Waals surface area contributed by atoms with Gasteiger partial charge in [-0.15, -0.1) is 0 Å². The van der Waals surface area contributed by atoms with Crippen LogP contribution in [0.15, 0.2) is 42.0 Å². The Morgan fingerprint density at radius 3 is 2.47 bits per heavy atom. The van der Waals surface area contributed by atoms with Crippen LogP contribution < -0.4 is 24.8 Å². The van der Waals surface area contributed by atoms with Crippen molar-refractivity contribution in [2.24, 2.45) is 0 Å². The number of hydrogen-bond donors (Lipinski definition) is 1. The Balaban J connectivity index is 1.97. The van der Waals surface area contributed by atoms with E-state index in [0.29, 0.717) is 10.6 Å². The van der Waals surface area contributed by atoms with Crippen LogP contribution in [0, 0.1) is 0 Å². The van der Waals surface area contributed by atoms with E-state index < -0.39 is 29.9 Å². The van der Waals surface area contributed by atoms with Gasteiger partial charge < -0.3 is 19.4 Å². The van der Waals surface area contributed by atoms with Crippen LogP contribution in [0.25, 0.3) is 6.08 Å². The van der Waals surface area contributed by atoms with Crippen molar-refractivity contribution in [3.05, 3.63) is 57.6 Å². The molecule has 0 aliphatic carbocycles. The van der Waals surface area contributed by atoms with Crippen molar-refractivity contribution in [2.45, 2.75) is 13.0 Å². The predicted molar refractivity (Wildman–Crippen MR) is 114 cm³/mol. The van der Waals surface area contributed by atoms with Crippen LogP contribution in [-0.4, -0.2) is 37.0 Å². The molecule has 1 aliphatic rings. The number of rotatable bonds is 6. The minimum absolute atomic E-state index is 0.0416. The lowest BCUT2D eigenvalue weighted by molar-refractivity contribution is -0.312. The average Bonchev–Trinajstić information content (AvgIpc) is 2.73. The first-order valence-corrected chi connectivity index (χ1v) is 9.80. The van der Waals surface area contributed by atoms with E-state index in [9.17, 15) is 24.3 Å². The number of nitrogens with zero attached hydrogens (tertiary/aromatic N) is 1. The highest BCUT2D eigenvalue weighted by molar-refractivity contribution is 6.42. The van der Waals surface area contributed by atoms with Crippen LogP contribution in [0.2, 0.25) is 10.0 Å². The van der Waals surface area contributed by atoms with E-state index in [1.54, 1.807) is 0 Å².